The monoisotopic (exact) mass is 352 g/mol. The third kappa shape index (κ3) is 2.57. The van der Waals surface area contributed by atoms with Gasteiger partial charge in [-0.05, 0) is 31.9 Å². The number of rotatable bonds is 2. The number of anilines is 1. The number of thiophene rings is 1. The number of carbonyl (C=O) groups is 1. The molecule has 128 valence electrons. The Morgan fingerprint density at radius 3 is 2.52 bits per heavy atom. The molecule has 3 aromatic rings. The number of nitrogen functional groups attached to an aromatic ring is 1. The maximum atomic E-state index is 12.9. The highest BCUT2D eigenvalue weighted by molar-refractivity contribution is 7.21. The molecule has 3 heterocycles. The molecule has 4 rings (SSSR count). The second kappa shape index (κ2) is 5.81. The SMILES string of the molecule is Cc1ccc(C2CN(C(=O)c3sc4nnc(C)c(C)c4c3N)C2)cc1. The Kier molecular flexibility index (Phi) is 3.72. The molecule has 1 saturated heterocycles. The van der Waals surface area contributed by atoms with E-state index in [2.05, 4.69) is 41.4 Å². The van der Waals surface area contributed by atoms with Gasteiger partial charge in [-0.3, -0.25) is 4.79 Å². The molecular formula is C19H20N4OS. The molecule has 1 aromatic carbocycles. The van der Waals surface area contributed by atoms with Crippen LogP contribution in [0.4, 0.5) is 5.69 Å². The zero-order valence-electron chi connectivity index (χ0n) is 14.5. The fraction of sp³-hybridized carbons (Fsp3) is 0.316. The summed E-state index contributed by atoms with van der Waals surface area (Å²) in [6.07, 6.45) is 0. The lowest BCUT2D eigenvalue weighted by molar-refractivity contribution is 0.0608. The molecule has 2 N–H and O–H groups in total. The van der Waals surface area contributed by atoms with Crippen LogP contribution in [0.1, 0.15) is 38.0 Å². The first-order valence-corrected chi connectivity index (χ1v) is 9.15. The molecule has 25 heavy (non-hydrogen) atoms. The van der Waals surface area contributed by atoms with Gasteiger partial charge in [0.25, 0.3) is 5.91 Å². The third-order valence-electron chi connectivity index (χ3n) is 5.05. The normalized spacial score (nSPS) is 14.8. The number of aromatic nitrogens is 2. The van der Waals surface area contributed by atoms with Crippen LogP contribution < -0.4 is 5.73 Å². The van der Waals surface area contributed by atoms with E-state index in [9.17, 15) is 4.79 Å². The van der Waals surface area contributed by atoms with E-state index in [-0.39, 0.29) is 5.91 Å². The zero-order chi connectivity index (χ0) is 17.7. The molecule has 1 aliphatic rings. The second-order valence-electron chi connectivity index (χ2n) is 6.75. The van der Waals surface area contributed by atoms with Crippen molar-refractivity contribution in [2.45, 2.75) is 26.7 Å². The molecule has 1 fully saturated rings. The van der Waals surface area contributed by atoms with Gasteiger partial charge in [0.15, 0.2) is 0 Å². The molecule has 0 aliphatic carbocycles. The number of benzene rings is 1. The van der Waals surface area contributed by atoms with E-state index in [0.717, 1.165) is 34.6 Å². The first-order valence-electron chi connectivity index (χ1n) is 8.33. The average molecular weight is 352 g/mol. The van der Waals surface area contributed by atoms with Gasteiger partial charge in [-0.15, -0.1) is 16.4 Å². The predicted octanol–water partition coefficient (Wildman–Crippen LogP) is 3.44. The van der Waals surface area contributed by atoms with Gasteiger partial charge >= 0.3 is 0 Å². The van der Waals surface area contributed by atoms with E-state index < -0.39 is 0 Å². The minimum atomic E-state index is 0.000847. The number of nitrogens with two attached hydrogens (primary N) is 1. The molecule has 0 bridgehead atoms. The van der Waals surface area contributed by atoms with Gasteiger partial charge in [-0.1, -0.05) is 29.8 Å². The van der Waals surface area contributed by atoms with Crippen LogP contribution in [0.25, 0.3) is 10.2 Å². The summed E-state index contributed by atoms with van der Waals surface area (Å²) >= 11 is 1.34. The molecule has 0 unspecified atom stereocenters. The standard InChI is InChI=1S/C19H20N4OS/c1-10-4-6-13(7-5-10)14-8-23(9-14)19(24)17-16(20)15-11(2)12(3)21-22-18(15)25-17/h4-7,14H,8-9,20H2,1-3H3. The number of nitrogens with zero attached hydrogens (tertiary/aromatic N) is 3. The molecular weight excluding hydrogens is 332 g/mol. The summed E-state index contributed by atoms with van der Waals surface area (Å²) in [7, 11) is 0. The van der Waals surface area contributed by atoms with E-state index in [1.165, 1.54) is 22.5 Å². The third-order valence-corrected chi connectivity index (χ3v) is 6.12. The zero-order valence-corrected chi connectivity index (χ0v) is 15.4. The number of likely N-dealkylation sites (tertiary alicyclic amines) is 1. The van der Waals surface area contributed by atoms with E-state index >= 15 is 0 Å². The lowest BCUT2D eigenvalue weighted by Crippen LogP contribution is -2.48. The van der Waals surface area contributed by atoms with Crippen molar-refractivity contribution in [3.63, 3.8) is 0 Å². The highest BCUT2D eigenvalue weighted by atomic mass is 32.1. The first kappa shape index (κ1) is 16.0. The summed E-state index contributed by atoms with van der Waals surface area (Å²) in [6.45, 7) is 7.43. The van der Waals surface area contributed by atoms with E-state index in [0.29, 0.717) is 16.5 Å². The summed E-state index contributed by atoms with van der Waals surface area (Å²) in [5, 5.41) is 9.21. The molecule has 0 saturated carbocycles. The van der Waals surface area contributed by atoms with Crippen molar-refractivity contribution in [2.24, 2.45) is 0 Å². The van der Waals surface area contributed by atoms with Crippen LogP contribution in [0, 0.1) is 20.8 Å². The molecule has 0 atom stereocenters. The number of fused-ring (bicyclic) bond motifs is 1. The molecule has 6 heteroatoms. The summed E-state index contributed by atoms with van der Waals surface area (Å²) in [6, 6.07) is 8.54. The minimum absolute atomic E-state index is 0.000847. The van der Waals surface area contributed by atoms with Crippen molar-refractivity contribution in [2.75, 3.05) is 18.8 Å². The van der Waals surface area contributed by atoms with Crippen LogP contribution in [0.3, 0.4) is 0 Å². The van der Waals surface area contributed by atoms with Crippen molar-refractivity contribution in [1.29, 1.82) is 0 Å². The lowest BCUT2D eigenvalue weighted by atomic mass is 9.91. The van der Waals surface area contributed by atoms with Gasteiger partial charge < -0.3 is 10.6 Å². The van der Waals surface area contributed by atoms with E-state index in [1.807, 2.05) is 18.7 Å². The maximum absolute atomic E-state index is 12.9. The Morgan fingerprint density at radius 2 is 1.84 bits per heavy atom. The van der Waals surface area contributed by atoms with E-state index in [4.69, 9.17) is 5.73 Å². The molecule has 1 aliphatic heterocycles. The fourth-order valence-electron chi connectivity index (χ4n) is 3.24. The Bertz CT molecular complexity index is 971. The van der Waals surface area contributed by atoms with Gasteiger partial charge in [0.1, 0.15) is 9.71 Å². The Balaban J connectivity index is 1.57. The van der Waals surface area contributed by atoms with Crippen LogP contribution in [0.5, 0.6) is 0 Å². The predicted molar refractivity (Wildman–Crippen MR) is 101 cm³/mol. The van der Waals surface area contributed by atoms with Gasteiger partial charge in [-0.2, -0.15) is 5.10 Å². The van der Waals surface area contributed by atoms with Crippen LogP contribution in [-0.2, 0) is 0 Å². The summed E-state index contributed by atoms with van der Waals surface area (Å²) in [5.41, 5.74) is 11.2. The van der Waals surface area contributed by atoms with Crippen molar-refractivity contribution < 1.29 is 4.79 Å². The number of hydrogen-bond donors (Lipinski definition) is 1. The molecule has 1 amide bonds. The van der Waals surface area contributed by atoms with Crippen molar-refractivity contribution >= 4 is 33.1 Å². The van der Waals surface area contributed by atoms with Gasteiger partial charge in [0.05, 0.1) is 11.4 Å². The number of amides is 1. The minimum Gasteiger partial charge on any atom is -0.397 e. The summed E-state index contributed by atoms with van der Waals surface area (Å²) < 4.78 is 0. The van der Waals surface area contributed by atoms with Crippen molar-refractivity contribution in [3.05, 3.63) is 51.5 Å². The fourth-order valence-corrected chi connectivity index (χ4v) is 4.31. The Hall–Kier alpha value is -2.47. The van der Waals surface area contributed by atoms with Gasteiger partial charge in [0, 0.05) is 24.4 Å². The quantitative estimate of drug-likeness (QED) is 0.767. The van der Waals surface area contributed by atoms with E-state index in [1.54, 1.807) is 0 Å². The number of hydrogen-bond acceptors (Lipinski definition) is 5. The van der Waals surface area contributed by atoms with Crippen LogP contribution >= 0.6 is 11.3 Å². The highest BCUT2D eigenvalue weighted by Crippen LogP contribution is 2.37. The average Bonchev–Trinajstić information content (AvgIpc) is 2.89. The number of aryl methyl sites for hydroxylation is 3. The molecule has 2 aromatic heterocycles. The van der Waals surface area contributed by atoms with Crippen LogP contribution in [0.2, 0.25) is 0 Å². The Labute approximate surface area is 150 Å². The van der Waals surface area contributed by atoms with Crippen LogP contribution in [-0.4, -0.2) is 34.1 Å². The lowest BCUT2D eigenvalue weighted by Gasteiger charge is -2.39. The summed E-state index contributed by atoms with van der Waals surface area (Å²) in [5.74, 6) is 0.407. The first-order chi connectivity index (χ1) is 12.0. The molecule has 0 spiro atoms. The van der Waals surface area contributed by atoms with Crippen LogP contribution in [0.15, 0.2) is 24.3 Å². The summed E-state index contributed by atoms with van der Waals surface area (Å²) in [4.78, 5) is 16.0. The highest BCUT2D eigenvalue weighted by Gasteiger charge is 2.34. The topological polar surface area (TPSA) is 72.1 Å². The Morgan fingerprint density at radius 1 is 1.16 bits per heavy atom. The van der Waals surface area contributed by atoms with Crippen molar-refractivity contribution in [3.8, 4) is 0 Å². The van der Waals surface area contributed by atoms with Crippen molar-refractivity contribution in [1.82, 2.24) is 15.1 Å². The second-order valence-corrected chi connectivity index (χ2v) is 7.75. The maximum Gasteiger partial charge on any atom is 0.266 e. The largest absolute Gasteiger partial charge is 0.397 e. The molecule has 0 radical (unpaired) electrons. The molecule has 5 nitrogen and oxygen atoms in total. The van der Waals surface area contributed by atoms with Gasteiger partial charge in [-0.25, -0.2) is 0 Å². The van der Waals surface area contributed by atoms with Gasteiger partial charge in [0.2, 0.25) is 0 Å². The number of carbonyl (C=O) groups excluding carboxylic acids is 1. The smallest absolute Gasteiger partial charge is 0.266 e.